The molecule has 0 fully saturated rings. The highest BCUT2D eigenvalue weighted by Crippen LogP contribution is 2.21. The Kier molecular flexibility index (Phi) is 5.49. The quantitative estimate of drug-likeness (QED) is 0.840. The van der Waals surface area contributed by atoms with Gasteiger partial charge in [0.1, 0.15) is 12.4 Å². The maximum Gasteiger partial charge on any atom is 0.162 e. The number of rotatable bonds is 5. The average Bonchev–Trinajstić information content (AvgIpc) is 2.79. The normalized spacial score (nSPS) is 14.2. The van der Waals surface area contributed by atoms with Gasteiger partial charge in [0.25, 0.3) is 0 Å². The van der Waals surface area contributed by atoms with E-state index in [1.54, 1.807) is 17.0 Å². The maximum absolute atomic E-state index is 9.74. The molecule has 0 bridgehead atoms. The zero-order chi connectivity index (χ0) is 12.3. The van der Waals surface area contributed by atoms with Gasteiger partial charge in [0.2, 0.25) is 0 Å². The maximum atomic E-state index is 9.74. The summed E-state index contributed by atoms with van der Waals surface area (Å²) in [7, 11) is 0. The molecule has 0 aliphatic heterocycles. The molecule has 0 saturated heterocycles. The van der Waals surface area contributed by atoms with Gasteiger partial charge >= 0.3 is 0 Å². The monoisotopic (exact) mass is 273 g/mol. The molecular formula is C11H16ClN3O3. The van der Waals surface area contributed by atoms with Crippen molar-refractivity contribution < 1.29 is 14.9 Å². The zero-order valence-electron chi connectivity index (χ0n) is 9.93. The highest BCUT2D eigenvalue weighted by atomic mass is 35.5. The minimum atomic E-state index is -0.981. The Bertz CT molecular complexity index is 491. The molecule has 2 aromatic rings. The highest BCUT2D eigenvalue weighted by molar-refractivity contribution is 5.85. The lowest BCUT2D eigenvalue weighted by Crippen LogP contribution is -2.29. The first-order chi connectivity index (χ1) is 8.27. The van der Waals surface area contributed by atoms with Crippen molar-refractivity contribution in [3.05, 3.63) is 24.8 Å². The van der Waals surface area contributed by atoms with Crippen molar-refractivity contribution in [2.75, 3.05) is 13.2 Å². The molecule has 18 heavy (non-hydrogen) atoms. The van der Waals surface area contributed by atoms with Crippen LogP contribution in [0.15, 0.2) is 24.8 Å². The van der Waals surface area contributed by atoms with E-state index in [1.807, 2.05) is 13.0 Å². The molecule has 2 unspecified atom stereocenters. The number of aliphatic hydroxyl groups excluding tert-OH is 2. The summed E-state index contributed by atoms with van der Waals surface area (Å²) in [5.74, 6) is 0. The van der Waals surface area contributed by atoms with Gasteiger partial charge in [0.05, 0.1) is 23.8 Å². The van der Waals surface area contributed by atoms with Crippen molar-refractivity contribution in [3.63, 3.8) is 0 Å². The van der Waals surface area contributed by atoms with E-state index in [2.05, 4.69) is 9.97 Å². The van der Waals surface area contributed by atoms with Crippen LogP contribution in [0.3, 0.4) is 0 Å². The Balaban J connectivity index is 0.00000162. The minimum Gasteiger partial charge on any atom is -0.394 e. The minimum absolute atomic E-state index is 0. The Morgan fingerprint density at radius 1 is 1.50 bits per heavy atom. The molecule has 0 aromatic carbocycles. The number of hydrogen-bond donors (Lipinski definition) is 2. The van der Waals surface area contributed by atoms with Crippen LogP contribution in [0.5, 0.6) is 0 Å². The van der Waals surface area contributed by atoms with Crippen LogP contribution < -0.4 is 0 Å². The molecule has 100 valence electrons. The molecule has 0 aliphatic rings. The molecule has 0 amide bonds. The fourth-order valence-corrected chi connectivity index (χ4v) is 1.75. The van der Waals surface area contributed by atoms with Crippen molar-refractivity contribution in [2.45, 2.75) is 19.3 Å². The molecule has 2 atom stereocenters. The number of ether oxygens (including phenoxy) is 1. The Labute approximate surface area is 111 Å². The van der Waals surface area contributed by atoms with Gasteiger partial charge in [-0.05, 0) is 13.0 Å². The summed E-state index contributed by atoms with van der Waals surface area (Å²) in [4.78, 5) is 8.04. The van der Waals surface area contributed by atoms with Crippen LogP contribution in [0, 0.1) is 0 Å². The van der Waals surface area contributed by atoms with Gasteiger partial charge in [0.15, 0.2) is 6.23 Å². The summed E-state index contributed by atoms with van der Waals surface area (Å²) in [6.45, 7) is 1.91. The second-order valence-corrected chi connectivity index (χ2v) is 3.61. The van der Waals surface area contributed by atoms with Crippen LogP contribution in [0.4, 0.5) is 0 Å². The molecule has 2 heterocycles. The van der Waals surface area contributed by atoms with Crippen LogP contribution in [0.25, 0.3) is 11.0 Å². The van der Waals surface area contributed by atoms with Crippen LogP contribution in [0.1, 0.15) is 13.2 Å². The second kappa shape index (κ2) is 6.65. The smallest absolute Gasteiger partial charge is 0.162 e. The molecule has 2 aromatic heterocycles. The molecule has 2 N–H and O–H groups in total. The number of hydrogen-bond acceptors (Lipinski definition) is 5. The molecule has 0 radical (unpaired) electrons. The summed E-state index contributed by atoms with van der Waals surface area (Å²) in [5.41, 5.74) is 1.54. The van der Waals surface area contributed by atoms with Crippen molar-refractivity contribution in [2.24, 2.45) is 0 Å². The molecule has 2 rings (SSSR count). The van der Waals surface area contributed by atoms with E-state index in [0.29, 0.717) is 6.61 Å². The fourth-order valence-electron chi connectivity index (χ4n) is 1.75. The first-order valence-corrected chi connectivity index (χ1v) is 5.45. The van der Waals surface area contributed by atoms with Gasteiger partial charge in [-0.15, -0.1) is 12.4 Å². The number of aliphatic hydroxyl groups is 2. The lowest BCUT2D eigenvalue weighted by Gasteiger charge is -2.23. The van der Waals surface area contributed by atoms with Crippen LogP contribution in [-0.2, 0) is 4.74 Å². The third-order valence-corrected chi connectivity index (χ3v) is 2.52. The van der Waals surface area contributed by atoms with Crippen molar-refractivity contribution in [3.8, 4) is 0 Å². The van der Waals surface area contributed by atoms with Gasteiger partial charge in [-0.3, -0.25) is 0 Å². The molecule has 0 saturated carbocycles. The summed E-state index contributed by atoms with van der Waals surface area (Å²) < 4.78 is 7.17. The van der Waals surface area contributed by atoms with Gasteiger partial charge in [-0.2, -0.15) is 0 Å². The van der Waals surface area contributed by atoms with Crippen LogP contribution >= 0.6 is 12.4 Å². The highest BCUT2D eigenvalue weighted by Gasteiger charge is 2.21. The van der Waals surface area contributed by atoms with Crippen LogP contribution in [-0.4, -0.2) is 44.1 Å². The Morgan fingerprint density at radius 3 is 2.94 bits per heavy atom. The van der Waals surface area contributed by atoms with Crippen LogP contribution in [0.2, 0.25) is 0 Å². The van der Waals surface area contributed by atoms with E-state index in [0.717, 1.165) is 11.0 Å². The molecule has 0 spiro atoms. The van der Waals surface area contributed by atoms with E-state index in [-0.39, 0.29) is 19.0 Å². The van der Waals surface area contributed by atoms with E-state index in [9.17, 15) is 5.11 Å². The first-order valence-electron chi connectivity index (χ1n) is 5.45. The summed E-state index contributed by atoms with van der Waals surface area (Å²) >= 11 is 0. The molecular weight excluding hydrogens is 258 g/mol. The van der Waals surface area contributed by atoms with Gasteiger partial charge in [-0.25, -0.2) is 9.97 Å². The second-order valence-electron chi connectivity index (χ2n) is 3.61. The van der Waals surface area contributed by atoms with E-state index >= 15 is 0 Å². The third kappa shape index (κ3) is 2.78. The first kappa shape index (κ1) is 14.8. The largest absolute Gasteiger partial charge is 0.394 e. The van der Waals surface area contributed by atoms with Gasteiger partial charge < -0.3 is 19.5 Å². The third-order valence-electron chi connectivity index (χ3n) is 2.52. The van der Waals surface area contributed by atoms with Crippen molar-refractivity contribution in [1.29, 1.82) is 0 Å². The average molecular weight is 274 g/mol. The Hall–Kier alpha value is -1.21. The number of fused-ring (bicyclic) bond motifs is 1. The molecule has 7 heteroatoms. The lowest BCUT2D eigenvalue weighted by atomic mass is 10.3. The summed E-state index contributed by atoms with van der Waals surface area (Å²) in [6.07, 6.45) is 3.27. The molecule has 6 nitrogen and oxygen atoms in total. The van der Waals surface area contributed by atoms with E-state index in [1.165, 1.54) is 6.33 Å². The lowest BCUT2D eigenvalue weighted by molar-refractivity contribution is -0.0919. The number of aromatic nitrogens is 3. The predicted molar refractivity (Wildman–Crippen MR) is 68.5 cm³/mol. The SMILES string of the molecule is CCOC(C(O)CO)n1ccc2ncncc21.Cl. The Morgan fingerprint density at radius 2 is 2.28 bits per heavy atom. The van der Waals surface area contributed by atoms with E-state index < -0.39 is 12.3 Å². The van der Waals surface area contributed by atoms with E-state index in [4.69, 9.17) is 9.84 Å². The fraction of sp³-hybridized carbons (Fsp3) is 0.455. The van der Waals surface area contributed by atoms with Gasteiger partial charge in [0, 0.05) is 12.8 Å². The number of nitrogens with zero attached hydrogens (tertiary/aromatic N) is 3. The van der Waals surface area contributed by atoms with Gasteiger partial charge in [-0.1, -0.05) is 0 Å². The summed E-state index contributed by atoms with van der Waals surface area (Å²) in [6, 6.07) is 1.81. The topological polar surface area (TPSA) is 80.4 Å². The standard InChI is InChI=1S/C11H15N3O3.ClH/c1-2-17-11(10(16)6-15)14-4-3-8-9(14)5-12-7-13-8;/h3-5,7,10-11,15-16H,2,6H2,1H3;1H. The predicted octanol–water partition coefficient (Wildman–Crippen LogP) is 0.741. The van der Waals surface area contributed by atoms with Crippen molar-refractivity contribution in [1.82, 2.24) is 14.5 Å². The summed E-state index contributed by atoms with van der Waals surface area (Å²) in [5, 5.41) is 18.8. The zero-order valence-corrected chi connectivity index (χ0v) is 10.7. The number of halogens is 1. The molecule has 0 aliphatic carbocycles. The van der Waals surface area contributed by atoms with Crippen molar-refractivity contribution >= 4 is 23.4 Å².